The summed E-state index contributed by atoms with van der Waals surface area (Å²) in [5.74, 6) is 0.915. The van der Waals surface area contributed by atoms with E-state index in [0.29, 0.717) is 0 Å². The summed E-state index contributed by atoms with van der Waals surface area (Å²) in [6.45, 7) is 3.21. The lowest BCUT2D eigenvalue weighted by Gasteiger charge is -2.31. The van der Waals surface area contributed by atoms with Gasteiger partial charge in [0.1, 0.15) is 0 Å². The highest BCUT2D eigenvalue weighted by Crippen LogP contribution is 2.28. The van der Waals surface area contributed by atoms with Crippen molar-refractivity contribution in [2.45, 2.75) is 32.2 Å². The fourth-order valence-electron chi connectivity index (χ4n) is 2.20. The van der Waals surface area contributed by atoms with Crippen molar-refractivity contribution in [2.24, 2.45) is 11.7 Å². The van der Waals surface area contributed by atoms with Crippen molar-refractivity contribution < 1.29 is 0 Å². The molecule has 0 radical (unpaired) electrons. The molecule has 16 heavy (non-hydrogen) atoms. The van der Waals surface area contributed by atoms with E-state index in [1.807, 2.05) is 6.92 Å². The first-order valence-electron chi connectivity index (χ1n) is 6.23. The van der Waals surface area contributed by atoms with Crippen LogP contribution in [0, 0.1) is 5.92 Å². The fourth-order valence-corrected chi connectivity index (χ4v) is 2.20. The van der Waals surface area contributed by atoms with Gasteiger partial charge in [0.25, 0.3) is 0 Å². The van der Waals surface area contributed by atoms with Gasteiger partial charge in [0.15, 0.2) is 0 Å². The average molecular weight is 218 g/mol. The molecule has 2 N–H and O–H groups in total. The van der Waals surface area contributed by atoms with E-state index >= 15 is 0 Å². The van der Waals surface area contributed by atoms with E-state index in [2.05, 4.69) is 36.2 Å². The summed E-state index contributed by atoms with van der Waals surface area (Å²) in [5, 5.41) is 0. The molecule has 1 fully saturated rings. The predicted octanol–water partition coefficient (Wildman–Crippen LogP) is 2.94. The molecule has 1 saturated carbocycles. The summed E-state index contributed by atoms with van der Waals surface area (Å²) in [7, 11) is 2.18. The van der Waals surface area contributed by atoms with Gasteiger partial charge in [0.2, 0.25) is 0 Å². The van der Waals surface area contributed by atoms with E-state index < -0.39 is 0 Å². The van der Waals surface area contributed by atoms with E-state index in [1.54, 1.807) is 0 Å². The van der Waals surface area contributed by atoms with Crippen LogP contribution >= 0.6 is 0 Å². The lowest BCUT2D eigenvalue weighted by molar-refractivity contribution is 0.321. The van der Waals surface area contributed by atoms with Crippen LogP contribution in [-0.2, 0) is 0 Å². The number of nitrogens with two attached hydrogens (primary N) is 1. The molecule has 0 aliphatic heterocycles. The van der Waals surface area contributed by atoms with Gasteiger partial charge >= 0.3 is 0 Å². The minimum absolute atomic E-state index is 0.131. The molecule has 0 heterocycles. The molecule has 0 aromatic heterocycles. The summed E-state index contributed by atoms with van der Waals surface area (Å²) in [5.41, 5.74) is 8.35. The van der Waals surface area contributed by atoms with Crippen molar-refractivity contribution in [1.29, 1.82) is 0 Å². The number of benzene rings is 1. The monoisotopic (exact) mass is 218 g/mol. The predicted molar refractivity (Wildman–Crippen MR) is 69.7 cm³/mol. The molecule has 0 saturated heterocycles. The highest BCUT2D eigenvalue weighted by Gasteiger charge is 2.19. The van der Waals surface area contributed by atoms with Crippen molar-refractivity contribution in [3.63, 3.8) is 0 Å². The zero-order valence-corrected chi connectivity index (χ0v) is 10.3. The van der Waals surface area contributed by atoms with Crippen molar-refractivity contribution in [3.05, 3.63) is 29.8 Å². The van der Waals surface area contributed by atoms with Crippen LogP contribution in [0.4, 0.5) is 5.69 Å². The van der Waals surface area contributed by atoms with Crippen LogP contribution in [0.1, 0.15) is 37.8 Å². The van der Waals surface area contributed by atoms with Gasteiger partial charge in [-0.3, -0.25) is 0 Å². The second kappa shape index (κ2) is 4.88. The summed E-state index contributed by atoms with van der Waals surface area (Å²) >= 11 is 0. The Morgan fingerprint density at radius 2 is 1.94 bits per heavy atom. The Balaban J connectivity index is 1.97. The average Bonchev–Trinajstić information content (AvgIpc) is 2.23. The SMILES string of the molecule is CC(N)c1ccc(N(C)CC2CCC2)cc1. The number of nitrogens with zero attached hydrogens (tertiary/aromatic N) is 1. The summed E-state index contributed by atoms with van der Waals surface area (Å²) in [6, 6.07) is 8.76. The third-order valence-corrected chi connectivity index (χ3v) is 3.62. The molecule has 1 aliphatic rings. The van der Waals surface area contributed by atoms with Gasteiger partial charge in [-0.2, -0.15) is 0 Å². The maximum atomic E-state index is 5.84. The zero-order chi connectivity index (χ0) is 11.5. The second-order valence-electron chi connectivity index (χ2n) is 5.06. The van der Waals surface area contributed by atoms with Crippen LogP contribution in [-0.4, -0.2) is 13.6 Å². The van der Waals surface area contributed by atoms with E-state index in [9.17, 15) is 0 Å². The van der Waals surface area contributed by atoms with Gasteiger partial charge in [0.05, 0.1) is 0 Å². The molecular formula is C14H22N2. The van der Waals surface area contributed by atoms with Crippen LogP contribution in [0.3, 0.4) is 0 Å². The Morgan fingerprint density at radius 1 is 1.31 bits per heavy atom. The number of anilines is 1. The molecule has 1 unspecified atom stereocenters. The van der Waals surface area contributed by atoms with Crippen molar-refractivity contribution in [1.82, 2.24) is 0 Å². The largest absolute Gasteiger partial charge is 0.374 e. The number of hydrogen-bond donors (Lipinski definition) is 1. The molecular weight excluding hydrogens is 196 g/mol. The van der Waals surface area contributed by atoms with Gasteiger partial charge in [-0.15, -0.1) is 0 Å². The number of rotatable bonds is 4. The van der Waals surface area contributed by atoms with Gasteiger partial charge < -0.3 is 10.6 Å². The molecule has 2 heteroatoms. The lowest BCUT2D eigenvalue weighted by atomic mass is 9.85. The Hall–Kier alpha value is -1.02. The van der Waals surface area contributed by atoms with Crippen LogP contribution in [0.2, 0.25) is 0 Å². The van der Waals surface area contributed by atoms with Crippen molar-refractivity contribution in [3.8, 4) is 0 Å². The molecule has 0 amide bonds. The minimum Gasteiger partial charge on any atom is -0.374 e. The van der Waals surface area contributed by atoms with Gasteiger partial charge in [-0.05, 0) is 43.4 Å². The van der Waals surface area contributed by atoms with Crippen molar-refractivity contribution >= 4 is 5.69 Å². The molecule has 88 valence electrons. The van der Waals surface area contributed by atoms with Crippen LogP contribution < -0.4 is 10.6 Å². The molecule has 1 aromatic carbocycles. The van der Waals surface area contributed by atoms with E-state index in [4.69, 9.17) is 5.73 Å². The molecule has 2 nitrogen and oxygen atoms in total. The fraction of sp³-hybridized carbons (Fsp3) is 0.571. The first-order chi connectivity index (χ1) is 7.66. The Morgan fingerprint density at radius 3 is 2.38 bits per heavy atom. The van der Waals surface area contributed by atoms with Gasteiger partial charge in [-0.1, -0.05) is 18.6 Å². The van der Waals surface area contributed by atoms with E-state index in [1.165, 1.54) is 37.1 Å². The Kier molecular flexibility index (Phi) is 3.49. The normalized spacial score (nSPS) is 17.9. The van der Waals surface area contributed by atoms with Gasteiger partial charge in [0, 0.05) is 25.3 Å². The van der Waals surface area contributed by atoms with Crippen molar-refractivity contribution in [2.75, 3.05) is 18.5 Å². The smallest absolute Gasteiger partial charge is 0.0363 e. The van der Waals surface area contributed by atoms with E-state index in [-0.39, 0.29) is 6.04 Å². The van der Waals surface area contributed by atoms with E-state index in [0.717, 1.165) is 5.92 Å². The Bertz CT molecular complexity index is 325. The molecule has 2 rings (SSSR count). The molecule has 0 bridgehead atoms. The standard InChI is InChI=1S/C14H22N2/c1-11(15)13-6-8-14(9-7-13)16(2)10-12-4-3-5-12/h6-9,11-12H,3-5,10,15H2,1-2H3. The van der Waals surface area contributed by atoms with Crippen LogP contribution in [0.15, 0.2) is 24.3 Å². The zero-order valence-electron chi connectivity index (χ0n) is 10.3. The molecule has 1 atom stereocenters. The summed E-state index contributed by atoms with van der Waals surface area (Å²) in [4.78, 5) is 2.36. The maximum absolute atomic E-state index is 5.84. The second-order valence-corrected chi connectivity index (χ2v) is 5.06. The quantitative estimate of drug-likeness (QED) is 0.842. The first-order valence-corrected chi connectivity index (χ1v) is 6.23. The van der Waals surface area contributed by atoms with Crippen LogP contribution in [0.5, 0.6) is 0 Å². The Labute approximate surface area is 98.4 Å². The molecule has 1 aliphatic carbocycles. The third kappa shape index (κ3) is 2.56. The lowest BCUT2D eigenvalue weighted by Crippen LogP contribution is -2.29. The summed E-state index contributed by atoms with van der Waals surface area (Å²) in [6.07, 6.45) is 4.23. The number of hydrogen-bond acceptors (Lipinski definition) is 2. The first kappa shape index (κ1) is 11.5. The highest BCUT2D eigenvalue weighted by molar-refractivity contribution is 5.47. The van der Waals surface area contributed by atoms with Crippen LogP contribution in [0.25, 0.3) is 0 Å². The minimum atomic E-state index is 0.131. The molecule has 1 aromatic rings. The maximum Gasteiger partial charge on any atom is 0.0363 e. The molecule has 0 spiro atoms. The topological polar surface area (TPSA) is 29.3 Å². The summed E-state index contributed by atoms with van der Waals surface area (Å²) < 4.78 is 0. The van der Waals surface area contributed by atoms with Gasteiger partial charge in [-0.25, -0.2) is 0 Å². The highest BCUT2D eigenvalue weighted by atomic mass is 15.1. The third-order valence-electron chi connectivity index (χ3n) is 3.62.